The van der Waals surface area contributed by atoms with E-state index in [1.165, 1.54) is 42.9 Å². The zero-order chi connectivity index (χ0) is 13.8. The van der Waals surface area contributed by atoms with Crippen molar-refractivity contribution in [1.82, 2.24) is 0 Å². The van der Waals surface area contributed by atoms with Gasteiger partial charge in [-0.2, -0.15) is 0 Å². The maximum Gasteiger partial charge on any atom is 0.0431 e. The van der Waals surface area contributed by atoms with Gasteiger partial charge in [0.05, 0.1) is 0 Å². The van der Waals surface area contributed by atoms with Crippen LogP contribution in [0, 0.1) is 0 Å². The van der Waals surface area contributed by atoms with E-state index < -0.39 is 0 Å². The van der Waals surface area contributed by atoms with Gasteiger partial charge in [-0.05, 0) is 17.2 Å². The second-order valence-electron chi connectivity index (χ2n) is 4.84. The molecule has 0 atom stereocenters. The van der Waals surface area contributed by atoms with Gasteiger partial charge in [0.15, 0.2) is 0 Å². The quantitative estimate of drug-likeness (QED) is 0.708. The molecule has 0 aromatic heterocycles. The largest absolute Gasteiger partial charge is 0.396 e. The van der Waals surface area contributed by atoms with Gasteiger partial charge >= 0.3 is 0 Å². The van der Waals surface area contributed by atoms with Crippen molar-refractivity contribution in [3.8, 4) is 0 Å². The molecule has 0 unspecified atom stereocenters. The Kier molecular flexibility index (Phi) is 8.74. The summed E-state index contributed by atoms with van der Waals surface area (Å²) >= 11 is 0. The molecule has 0 fully saturated rings. The topological polar surface area (TPSA) is 20.2 Å². The van der Waals surface area contributed by atoms with Crippen molar-refractivity contribution in [3.05, 3.63) is 48.5 Å². The predicted octanol–water partition coefficient (Wildman–Crippen LogP) is 5.18. The third kappa shape index (κ3) is 6.97. The molecule has 19 heavy (non-hydrogen) atoms. The van der Waals surface area contributed by atoms with Gasteiger partial charge in [-0.25, -0.2) is 0 Å². The Morgan fingerprint density at radius 3 is 1.53 bits per heavy atom. The molecule has 2 aromatic carbocycles. The molecule has 0 aliphatic carbocycles. The average molecular weight is 258 g/mol. The molecule has 2 aromatic rings. The molecule has 0 aliphatic heterocycles. The van der Waals surface area contributed by atoms with Crippen LogP contribution in [0.3, 0.4) is 0 Å². The van der Waals surface area contributed by atoms with Crippen molar-refractivity contribution >= 4 is 10.8 Å². The standard InChI is InChI=1S/C10H8.C8H18O/c1-2-6-10-8-4-3-7-9(10)5-1;1-2-3-4-5-6-7-8-9/h1-8H;9H,2-8H2,1H3. The van der Waals surface area contributed by atoms with E-state index in [9.17, 15) is 0 Å². The minimum atomic E-state index is 0.367. The first kappa shape index (κ1) is 15.7. The number of benzene rings is 2. The van der Waals surface area contributed by atoms with E-state index in [-0.39, 0.29) is 0 Å². The highest BCUT2D eigenvalue weighted by atomic mass is 16.2. The summed E-state index contributed by atoms with van der Waals surface area (Å²) in [6.45, 7) is 2.58. The second kappa shape index (κ2) is 10.6. The van der Waals surface area contributed by atoms with Crippen LogP contribution in [0.5, 0.6) is 0 Å². The van der Waals surface area contributed by atoms with E-state index in [4.69, 9.17) is 5.11 Å². The van der Waals surface area contributed by atoms with Gasteiger partial charge in [0.25, 0.3) is 0 Å². The molecule has 1 heteroatoms. The summed E-state index contributed by atoms with van der Waals surface area (Å²) < 4.78 is 0. The van der Waals surface area contributed by atoms with Gasteiger partial charge in [-0.1, -0.05) is 87.6 Å². The molecule has 0 amide bonds. The summed E-state index contributed by atoms with van der Waals surface area (Å²) in [4.78, 5) is 0. The van der Waals surface area contributed by atoms with Gasteiger partial charge < -0.3 is 5.11 Å². The van der Waals surface area contributed by atoms with E-state index in [1.54, 1.807) is 0 Å². The lowest BCUT2D eigenvalue weighted by molar-refractivity contribution is 0.282. The molecule has 0 bridgehead atoms. The number of unbranched alkanes of at least 4 members (excludes halogenated alkanes) is 5. The zero-order valence-electron chi connectivity index (χ0n) is 12.0. The Bertz CT molecular complexity index is 365. The summed E-state index contributed by atoms with van der Waals surface area (Å²) in [6.07, 6.45) is 7.50. The van der Waals surface area contributed by atoms with E-state index in [1.807, 2.05) is 0 Å². The monoisotopic (exact) mass is 258 g/mol. The van der Waals surface area contributed by atoms with Crippen LogP contribution in [-0.4, -0.2) is 11.7 Å². The Morgan fingerprint density at radius 1 is 0.684 bits per heavy atom. The van der Waals surface area contributed by atoms with Crippen LogP contribution < -0.4 is 0 Å². The average Bonchev–Trinajstić information content (AvgIpc) is 2.48. The number of hydrogen-bond acceptors (Lipinski definition) is 1. The SMILES string of the molecule is CCCCCCCCO.c1ccc2ccccc2c1. The van der Waals surface area contributed by atoms with Crippen LogP contribution in [0.2, 0.25) is 0 Å². The number of fused-ring (bicyclic) bond motifs is 1. The number of rotatable bonds is 6. The number of aliphatic hydroxyl groups is 1. The van der Waals surface area contributed by atoms with E-state index >= 15 is 0 Å². The van der Waals surface area contributed by atoms with Gasteiger partial charge in [-0.15, -0.1) is 0 Å². The minimum Gasteiger partial charge on any atom is -0.396 e. The summed E-state index contributed by atoms with van der Waals surface area (Å²) in [7, 11) is 0. The third-order valence-electron chi connectivity index (χ3n) is 3.17. The molecule has 0 radical (unpaired) electrons. The maximum absolute atomic E-state index is 8.42. The van der Waals surface area contributed by atoms with Crippen molar-refractivity contribution in [2.45, 2.75) is 45.4 Å². The number of aliphatic hydroxyl groups excluding tert-OH is 1. The lowest BCUT2D eigenvalue weighted by Crippen LogP contribution is -1.82. The highest BCUT2D eigenvalue weighted by molar-refractivity contribution is 5.81. The van der Waals surface area contributed by atoms with Crippen molar-refractivity contribution in [2.75, 3.05) is 6.61 Å². The lowest BCUT2D eigenvalue weighted by Gasteiger charge is -1.95. The summed E-state index contributed by atoms with van der Waals surface area (Å²) in [5, 5.41) is 11.0. The summed E-state index contributed by atoms with van der Waals surface area (Å²) in [5.74, 6) is 0. The van der Waals surface area contributed by atoms with Crippen LogP contribution in [0.25, 0.3) is 10.8 Å². The van der Waals surface area contributed by atoms with Gasteiger partial charge in [0.1, 0.15) is 0 Å². The predicted molar refractivity (Wildman–Crippen MR) is 84.4 cm³/mol. The van der Waals surface area contributed by atoms with E-state index in [0.717, 1.165) is 6.42 Å². The highest BCUT2D eigenvalue weighted by Gasteiger charge is 1.86. The fraction of sp³-hybridized carbons (Fsp3) is 0.444. The Morgan fingerprint density at radius 2 is 1.11 bits per heavy atom. The fourth-order valence-electron chi connectivity index (χ4n) is 2.03. The second-order valence-corrected chi connectivity index (χ2v) is 4.84. The van der Waals surface area contributed by atoms with Crippen molar-refractivity contribution in [3.63, 3.8) is 0 Å². The van der Waals surface area contributed by atoms with Crippen LogP contribution in [-0.2, 0) is 0 Å². The molecular weight excluding hydrogens is 232 g/mol. The molecular formula is C18H26O. The number of hydrogen-bond donors (Lipinski definition) is 1. The molecule has 2 rings (SSSR count). The van der Waals surface area contributed by atoms with Gasteiger partial charge in [0, 0.05) is 6.61 Å². The Balaban J connectivity index is 0.000000192. The van der Waals surface area contributed by atoms with Crippen LogP contribution in [0.15, 0.2) is 48.5 Å². The minimum absolute atomic E-state index is 0.367. The normalized spacial score (nSPS) is 10.0. The third-order valence-corrected chi connectivity index (χ3v) is 3.17. The van der Waals surface area contributed by atoms with Crippen molar-refractivity contribution in [1.29, 1.82) is 0 Å². The molecule has 1 N–H and O–H groups in total. The van der Waals surface area contributed by atoms with Crippen LogP contribution >= 0.6 is 0 Å². The van der Waals surface area contributed by atoms with Crippen molar-refractivity contribution in [2.24, 2.45) is 0 Å². The molecule has 0 aliphatic rings. The molecule has 0 heterocycles. The molecule has 0 saturated carbocycles. The fourth-order valence-corrected chi connectivity index (χ4v) is 2.03. The van der Waals surface area contributed by atoms with Crippen LogP contribution in [0.4, 0.5) is 0 Å². The summed E-state index contributed by atoms with van der Waals surface area (Å²) in [5.41, 5.74) is 0. The lowest BCUT2D eigenvalue weighted by atomic mass is 10.1. The molecule has 0 saturated heterocycles. The maximum atomic E-state index is 8.42. The smallest absolute Gasteiger partial charge is 0.0431 e. The first-order valence-electron chi connectivity index (χ1n) is 7.43. The van der Waals surface area contributed by atoms with Crippen molar-refractivity contribution < 1.29 is 5.11 Å². The first-order valence-corrected chi connectivity index (χ1v) is 7.43. The first-order chi connectivity index (χ1) is 9.38. The summed E-state index contributed by atoms with van der Waals surface area (Å²) in [6, 6.07) is 16.7. The Labute approximate surface area is 117 Å². The molecule has 1 nitrogen and oxygen atoms in total. The Hall–Kier alpha value is -1.34. The van der Waals surface area contributed by atoms with Gasteiger partial charge in [-0.3, -0.25) is 0 Å². The molecule has 0 spiro atoms. The molecule has 104 valence electrons. The van der Waals surface area contributed by atoms with E-state index in [0.29, 0.717) is 6.61 Å². The van der Waals surface area contributed by atoms with Gasteiger partial charge in [0.2, 0.25) is 0 Å². The zero-order valence-corrected chi connectivity index (χ0v) is 12.0. The highest BCUT2D eigenvalue weighted by Crippen LogP contribution is 2.11. The van der Waals surface area contributed by atoms with Crippen LogP contribution in [0.1, 0.15) is 45.4 Å². The van der Waals surface area contributed by atoms with E-state index in [2.05, 4.69) is 55.5 Å².